The molecule has 2 rings (SSSR count). The quantitative estimate of drug-likeness (QED) is 0.779. The van der Waals surface area contributed by atoms with Gasteiger partial charge in [0.25, 0.3) is 0 Å². The highest BCUT2D eigenvalue weighted by Gasteiger charge is 2.38. The largest absolute Gasteiger partial charge is 0.481 e. The van der Waals surface area contributed by atoms with Crippen LogP contribution in [0.1, 0.15) is 23.7 Å². The Bertz CT molecular complexity index is 517. The normalized spacial score (nSPS) is 18.8. The minimum atomic E-state index is -1.11. The number of carbonyl (C=O) groups is 2. The fourth-order valence-electron chi connectivity index (χ4n) is 1.83. The summed E-state index contributed by atoms with van der Waals surface area (Å²) in [5, 5.41) is 9.78. The number of carboxylic acid groups (broad SMARTS) is 1. The molecule has 0 spiro atoms. The van der Waals surface area contributed by atoms with E-state index in [1.54, 1.807) is 13.0 Å². The Morgan fingerprint density at radius 1 is 1.58 bits per heavy atom. The van der Waals surface area contributed by atoms with Crippen LogP contribution < -0.4 is 10.6 Å². The Balaban J connectivity index is 2.36. The van der Waals surface area contributed by atoms with Gasteiger partial charge in [-0.15, -0.1) is 0 Å². The van der Waals surface area contributed by atoms with E-state index in [4.69, 9.17) is 20.5 Å². The van der Waals surface area contributed by atoms with Gasteiger partial charge >= 0.3 is 5.97 Å². The highest BCUT2D eigenvalue weighted by molar-refractivity contribution is 6.04. The SMILES string of the molecule is CCON1Oc2cc(N)ccc2C(=O)C1CC(=O)O. The highest BCUT2D eigenvalue weighted by atomic mass is 17.0. The molecule has 7 heteroatoms. The molecule has 3 N–H and O–H groups in total. The lowest BCUT2D eigenvalue weighted by molar-refractivity contribution is -0.332. The number of rotatable bonds is 4. The van der Waals surface area contributed by atoms with Gasteiger partial charge in [0.05, 0.1) is 18.6 Å². The van der Waals surface area contributed by atoms with Crippen LogP contribution in [0.3, 0.4) is 0 Å². The minimum absolute atomic E-state index is 0.251. The summed E-state index contributed by atoms with van der Waals surface area (Å²) in [6.45, 7) is 1.96. The fourth-order valence-corrected chi connectivity index (χ4v) is 1.83. The first-order valence-corrected chi connectivity index (χ1v) is 5.78. The molecule has 1 heterocycles. The van der Waals surface area contributed by atoms with Crippen LogP contribution in [0.4, 0.5) is 5.69 Å². The smallest absolute Gasteiger partial charge is 0.305 e. The molecular formula is C12H14N2O5. The van der Waals surface area contributed by atoms with Gasteiger partial charge in [-0.2, -0.15) is 0 Å². The number of anilines is 1. The molecule has 0 amide bonds. The van der Waals surface area contributed by atoms with Crippen molar-refractivity contribution < 1.29 is 24.4 Å². The fraction of sp³-hybridized carbons (Fsp3) is 0.333. The van der Waals surface area contributed by atoms with Crippen molar-refractivity contribution in [1.29, 1.82) is 0 Å². The number of hydroxylamine groups is 2. The topological polar surface area (TPSA) is 102 Å². The molecular weight excluding hydrogens is 252 g/mol. The van der Waals surface area contributed by atoms with Crippen molar-refractivity contribution in [3.8, 4) is 5.75 Å². The maximum atomic E-state index is 12.2. The molecule has 0 saturated carbocycles. The maximum Gasteiger partial charge on any atom is 0.305 e. The third-order valence-electron chi connectivity index (χ3n) is 2.64. The minimum Gasteiger partial charge on any atom is -0.481 e. The van der Waals surface area contributed by atoms with Crippen LogP contribution in [0.5, 0.6) is 5.75 Å². The molecule has 1 aromatic rings. The third kappa shape index (κ3) is 2.67. The number of nitrogens with zero attached hydrogens (tertiary/aromatic N) is 1. The number of nitrogens with two attached hydrogens (primary N) is 1. The molecule has 7 nitrogen and oxygen atoms in total. The van der Waals surface area contributed by atoms with Crippen molar-refractivity contribution in [2.24, 2.45) is 0 Å². The monoisotopic (exact) mass is 266 g/mol. The molecule has 0 fully saturated rings. The molecule has 1 unspecified atom stereocenters. The Kier molecular flexibility index (Phi) is 3.68. The summed E-state index contributed by atoms with van der Waals surface area (Å²) in [7, 11) is 0. The molecule has 1 atom stereocenters. The summed E-state index contributed by atoms with van der Waals surface area (Å²) in [6, 6.07) is 3.57. The Morgan fingerprint density at radius 3 is 2.95 bits per heavy atom. The molecule has 0 aromatic heterocycles. The number of nitrogen functional groups attached to an aromatic ring is 1. The van der Waals surface area contributed by atoms with Crippen LogP contribution >= 0.6 is 0 Å². The van der Waals surface area contributed by atoms with Crippen molar-refractivity contribution >= 4 is 17.4 Å². The zero-order chi connectivity index (χ0) is 14.0. The molecule has 1 aliphatic rings. The molecule has 0 bridgehead atoms. The maximum absolute atomic E-state index is 12.2. The van der Waals surface area contributed by atoms with Crippen molar-refractivity contribution in [2.45, 2.75) is 19.4 Å². The number of hydrogen-bond acceptors (Lipinski definition) is 6. The average molecular weight is 266 g/mol. The van der Waals surface area contributed by atoms with Gasteiger partial charge in [0, 0.05) is 11.8 Å². The van der Waals surface area contributed by atoms with Crippen LogP contribution in [-0.4, -0.2) is 34.7 Å². The van der Waals surface area contributed by atoms with E-state index >= 15 is 0 Å². The van der Waals surface area contributed by atoms with Gasteiger partial charge in [-0.05, 0) is 24.3 Å². The summed E-state index contributed by atoms with van der Waals surface area (Å²) >= 11 is 0. The first-order valence-electron chi connectivity index (χ1n) is 5.78. The predicted octanol–water partition coefficient (Wildman–Crippen LogP) is 0.856. The number of fused-ring (bicyclic) bond motifs is 1. The Hall–Kier alpha value is -2.12. The second-order valence-electron chi connectivity index (χ2n) is 4.03. The number of ketones is 1. The number of carboxylic acids is 1. The van der Waals surface area contributed by atoms with E-state index in [1.165, 1.54) is 12.1 Å². The molecule has 1 aliphatic heterocycles. The lowest BCUT2D eigenvalue weighted by Gasteiger charge is -2.32. The highest BCUT2D eigenvalue weighted by Crippen LogP contribution is 2.31. The van der Waals surface area contributed by atoms with Gasteiger partial charge in [-0.3, -0.25) is 14.4 Å². The van der Waals surface area contributed by atoms with Crippen LogP contribution in [0, 0.1) is 0 Å². The molecule has 0 saturated heterocycles. The molecule has 102 valence electrons. The second-order valence-corrected chi connectivity index (χ2v) is 4.03. The van der Waals surface area contributed by atoms with Crippen molar-refractivity contribution in [1.82, 2.24) is 5.23 Å². The van der Waals surface area contributed by atoms with Gasteiger partial charge in [0.2, 0.25) is 0 Å². The number of Topliss-reactive ketones (excluding diaryl/α,β-unsaturated/α-hetero) is 1. The molecule has 0 radical (unpaired) electrons. The second kappa shape index (κ2) is 5.25. The summed E-state index contributed by atoms with van der Waals surface area (Å²) in [5.74, 6) is -1.21. The van der Waals surface area contributed by atoms with Gasteiger partial charge < -0.3 is 15.7 Å². The van der Waals surface area contributed by atoms with Crippen molar-refractivity contribution in [2.75, 3.05) is 12.3 Å². The van der Waals surface area contributed by atoms with E-state index in [-0.39, 0.29) is 18.1 Å². The van der Waals surface area contributed by atoms with Crippen LogP contribution in [0.15, 0.2) is 18.2 Å². The average Bonchev–Trinajstić information content (AvgIpc) is 2.33. The lowest BCUT2D eigenvalue weighted by atomic mass is 9.99. The van der Waals surface area contributed by atoms with Gasteiger partial charge in [0.1, 0.15) is 6.04 Å². The van der Waals surface area contributed by atoms with E-state index in [2.05, 4.69) is 0 Å². The van der Waals surface area contributed by atoms with Crippen molar-refractivity contribution in [3.63, 3.8) is 0 Å². The Morgan fingerprint density at radius 2 is 2.32 bits per heavy atom. The number of hydrogen-bond donors (Lipinski definition) is 2. The summed E-state index contributed by atoms with van der Waals surface area (Å²) in [6.07, 6.45) is -0.400. The number of aliphatic carboxylic acids is 1. The Labute approximate surface area is 109 Å². The van der Waals surface area contributed by atoms with Crippen molar-refractivity contribution in [3.05, 3.63) is 23.8 Å². The summed E-state index contributed by atoms with van der Waals surface area (Å²) < 4.78 is 0. The first-order chi connectivity index (χ1) is 9.02. The number of carbonyl (C=O) groups excluding carboxylic acids is 1. The van der Waals surface area contributed by atoms with Gasteiger partial charge in [-0.25, -0.2) is 0 Å². The summed E-state index contributed by atoms with van der Waals surface area (Å²) in [5.41, 5.74) is 6.36. The van der Waals surface area contributed by atoms with Gasteiger partial charge in [-0.1, -0.05) is 0 Å². The molecule has 19 heavy (non-hydrogen) atoms. The van der Waals surface area contributed by atoms with E-state index in [0.29, 0.717) is 11.3 Å². The van der Waals surface area contributed by atoms with E-state index in [0.717, 1.165) is 5.23 Å². The molecule has 0 aliphatic carbocycles. The predicted molar refractivity (Wildman–Crippen MR) is 65.3 cm³/mol. The third-order valence-corrected chi connectivity index (χ3v) is 2.64. The first kappa shape index (κ1) is 13.3. The van der Waals surface area contributed by atoms with E-state index < -0.39 is 18.4 Å². The zero-order valence-corrected chi connectivity index (χ0v) is 10.3. The van der Waals surface area contributed by atoms with Crippen LogP contribution in [0.25, 0.3) is 0 Å². The van der Waals surface area contributed by atoms with Crippen LogP contribution in [-0.2, 0) is 9.63 Å². The zero-order valence-electron chi connectivity index (χ0n) is 10.3. The van der Waals surface area contributed by atoms with Gasteiger partial charge in [0.15, 0.2) is 11.5 Å². The van der Waals surface area contributed by atoms with E-state index in [1.807, 2.05) is 0 Å². The summed E-state index contributed by atoms with van der Waals surface area (Å²) in [4.78, 5) is 33.6. The van der Waals surface area contributed by atoms with E-state index in [9.17, 15) is 9.59 Å². The lowest BCUT2D eigenvalue weighted by Crippen LogP contribution is -2.48. The standard InChI is InChI=1S/C12H14N2O5/c1-2-18-14-9(6-11(15)16)12(17)8-4-3-7(13)5-10(8)19-14/h3-5,9H,2,6,13H2,1H3,(H,15,16). The van der Waals surface area contributed by atoms with Crippen LogP contribution in [0.2, 0.25) is 0 Å². The molecule has 1 aromatic carbocycles. The number of benzene rings is 1.